The average molecular weight is 345 g/mol. The number of fused-ring (bicyclic) bond motifs is 1. The van der Waals surface area contributed by atoms with Crippen LogP contribution in [-0.2, 0) is 5.92 Å². The molecule has 5 nitrogen and oxygen atoms in total. The van der Waals surface area contributed by atoms with Gasteiger partial charge in [0, 0.05) is 11.8 Å². The fraction of sp³-hybridized carbons (Fsp3) is 0.143. The van der Waals surface area contributed by atoms with Crippen LogP contribution in [0.3, 0.4) is 0 Å². The number of imidazole rings is 1. The van der Waals surface area contributed by atoms with Gasteiger partial charge in [0.05, 0.1) is 6.26 Å². The minimum Gasteiger partial charge on any atom is -0.476 e. The first-order valence-corrected chi connectivity index (χ1v) is 6.67. The number of nitrogens with zero attached hydrogens (tertiary/aromatic N) is 2. The largest absolute Gasteiger partial charge is 0.476 e. The summed E-state index contributed by atoms with van der Waals surface area (Å²) in [5.41, 5.74) is -1.11. The lowest BCUT2D eigenvalue weighted by atomic mass is 10.0. The first-order valence-electron chi connectivity index (χ1n) is 6.29. The van der Waals surface area contributed by atoms with Crippen molar-refractivity contribution in [2.75, 3.05) is 0 Å². The molecule has 3 aromatic rings. The van der Waals surface area contributed by atoms with Gasteiger partial charge in [-0.25, -0.2) is 14.2 Å². The van der Waals surface area contributed by atoms with E-state index in [9.17, 15) is 18.0 Å². The Balaban J connectivity index is 2.09. The number of furan rings is 1. The van der Waals surface area contributed by atoms with Crippen LogP contribution in [-0.4, -0.2) is 20.5 Å². The summed E-state index contributed by atoms with van der Waals surface area (Å²) in [5, 5.41) is 8.58. The molecule has 1 unspecified atom stereocenters. The zero-order valence-corrected chi connectivity index (χ0v) is 12.0. The molecule has 3 aromatic heterocycles. The Morgan fingerprint density at radius 1 is 1.39 bits per heavy atom. The van der Waals surface area contributed by atoms with Gasteiger partial charge >= 0.3 is 11.9 Å². The van der Waals surface area contributed by atoms with E-state index in [1.165, 1.54) is 6.07 Å². The first-order chi connectivity index (χ1) is 10.8. The molecule has 120 valence electrons. The monoisotopic (exact) mass is 344 g/mol. The number of aromatic carboxylic acids is 1. The molecule has 0 bridgehead atoms. The van der Waals surface area contributed by atoms with Gasteiger partial charge in [-0.15, -0.1) is 0 Å². The van der Waals surface area contributed by atoms with Crippen LogP contribution < -0.4 is 0 Å². The molecule has 0 amide bonds. The molecule has 23 heavy (non-hydrogen) atoms. The fourth-order valence-electron chi connectivity index (χ4n) is 2.11. The van der Waals surface area contributed by atoms with Crippen molar-refractivity contribution >= 4 is 23.2 Å². The Morgan fingerprint density at radius 2 is 2.13 bits per heavy atom. The van der Waals surface area contributed by atoms with Crippen molar-refractivity contribution in [1.29, 1.82) is 0 Å². The molecule has 0 aliphatic rings. The standard InChI is InChI=1S/C14H8ClF3N2O3/c15-12-10(13(21)22)19-9-4-3-7(6-20(9)12)14(17,18)11(16)8-2-1-5-23-8/h1-6,11H,(H,21,22). The summed E-state index contributed by atoms with van der Waals surface area (Å²) < 4.78 is 48.3. The number of halogens is 4. The highest BCUT2D eigenvalue weighted by Gasteiger charge is 2.45. The third-order valence-corrected chi connectivity index (χ3v) is 3.62. The summed E-state index contributed by atoms with van der Waals surface area (Å²) >= 11 is 5.82. The Labute approximate surface area is 131 Å². The molecular formula is C14H8ClF3N2O3. The summed E-state index contributed by atoms with van der Waals surface area (Å²) in [6.45, 7) is 0. The second kappa shape index (κ2) is 5.31. The zero-order valence-electron chi connectivity index (χ0n) is 11.2. The van der Waals surface area contributed by atoms with Gasteiger partial charge < -0.3 is 9.52 Å². The number of hydrogen-bond donors (Lipinski definition) is 1. The average Bonchev–Trinajstić information content (AvgIpc) is 3.14. The number of rotatable bonds is 4. The minimum absolute atomic E-state index is 0.0559. The summed E-state index contributed by atoms with van der Waals surface area (Å²) in [5.74, 6) is -5.81. The van der Waals surface area contributed by atoms with E-state index in [2.05, 4.69) is 9.40 Å². The molecule has 0 saturated heterocycles. The number of carboxylic acid groups (broad SMARTS) is 1. The Kier molecular flexibility index (Phi) is 3.56. The minimum atomic E-state index is -3.90. The van der Waals surface area contributed by atoms with E-state index in [0.717, 1.165) is 35.1 Å². The van der Waals surface area contributed by atoms with Crippen molar-refractivity contribution < 1.29 is 27.5 Å². The van der Waals surface area contributed by atoms with Crippen LogP contribution in [0.15, 0.2) is 41.1 Å². The molecule has 9 heteroatoms. The van der Waals surface area contributed by atoms with E-state index in [1.807, 2.05) is 0 Å². The summed E-state index contributed by atoms with van der Waals surface area (Å²) in [6.07, 6.45) is -0.754. The SMILES string of the molecule is O=C(O)c1nc2ccc(C(F)(F)C(F)c3ccco3)cn2c1Cl. The molecule has 0 fully saturated rings. The topological polar surface area (TPSA) is 67.7 Å². The molecule has 0 aliphatic heterocycles. The van der Waals surface area contributed by atoms with Crippen molar-refractivity contribution in [3.05, 3.63) is 58.9 Å². The van der Waals surface area contributed by atoms with Gasteiger partial charge in [0.25, 0.3) is 0 Å². The number of aromatic nitrogens is 2. The van der Waals surface area contributed by atoms with Gasteiger partial charge in [0.15, 0.2) is 5.69 Å². The predicted octanol–water partition coefficient (Wildman–Crippen LogP) is 4.08. The van der Waals surface area contributed by atoms with Crippen LogP contribution in [0.25, 0.3) is 5.65 Å². The maximum absolute atomic E-state index is 14.3. The van der Waals surface area contributed by atoms with Crippen LogP contribution in [0.5, 0.6) is 0 Å². The quantitative estimate of drug-likeness (QED) is 0.774. The molecule has 0 saturated carbocycles. The van der Waals surface area contributed by atoms with E-state index in [4.69, 9.17) is 16.7 Å². The summed E-state index contributed by atoms with van der Waals surface area (Å²) in [6, 6.07) is 4.49. The second-order valence-corrected chi connectivity index (χ2v) is 5.06. The molecule has 3 heterocycles. The lowest BCUT2D eigenvalue weighted by molar-refractivity contribution is -0.0884. The fourth-order valence-corrected chi connectivity index (χ4v) is 2.37. The van der Waals surface area contributed by atoms with Crippen LogP contribution in [0.4, 0.5) is 13.2 Å². The summed E-state index contributed by atoms with van der Waals surface area (Å²) in [4.78, 5) is 14.7. The van der Waals surface area contributed by atoms with Crippen LogP contribution >= 0.6 is 11.6 Å². The highest BCUT2D eigenvalue weighted by atomic mass is 35.5. The predicted molar refractivity (Wildman–Crippen MR) is 73.6 cm³/mol. The molecule has 0 radical (unpaired) electrons. The van der Waals surface area contributed by atoms with Gasteiger partial charge in [0.2, 0.25) is 6.17 Å². The molecule has 1 N–H and O–H groups in total. The van der Waals surface area contributed by atoms with E-state index >= 15 is 0 Å². The van der Waals surface area contributed by atoms with Crippen molar-refractivity contribution in [1.82, 2.24) is 9.38 Å². The van der Waals surface area contributed by atoms with Crippen molar-refractivity contribution in [3.63, 3.8) is 0 Å². The maximum atomic E-state index is 14.3. The van der Waals surface area contributed by atoms with Gasteiger partial charge in [-0.05, 0) is 24.3 Å². The molecular weight excluding hydrogens is 337 g/mol. The van der Waals surface area contributed by atoms with Gasteiger partial charge in [0.1, 0.15) is 16.6 Å². The normalized spacial score (nSPS) is 13.4. The number of alkyl halides is 3. The third-order valence-electron chi connectivity index (χ3n) is 3.26. The summed E-state index contributed by atoms with van der Waals surface area (Å²) in [7, 11) is 0. The molecule has 3 rings (SSSR count). The highest BCUT2D eigenvalue weighted by Crippen LogP contribution is 2.43. The van der Waals surface area contributed by atoms with Crippen LogP contribution in [0, 0.1) is 0 Å². The lowest BCUT2D eigenvalue weighted by Crippen LogP contribution is -2.21. The number of hydrogen-bond acceptors (Lipinski definition) is 3. The van der Waals surface area contributed by atoms with Crippen LogP contribution in [0.1, 0.15) is 28.0 Å². The number of carbonyl (C=O) groups is 1. The van der Waals surface area contributed by atoms with Gasteiger partial charge in [-0.1, -0.05) is 11.6 Å². The zero-order chi connectivity index (χ0) is 16.8. The maximum Gasteiger partial charge on any atom is 0.357 e. The number of pyridine rings is 1. The molecule has 0 aliphatic carbocycles. The second-order valence-electron chi connectivity index (χ2n) is 4.70. The molecule has 0 spiro atoms. The van der Waals surface area contributed by atoms with E-state index < -0.39 is 35.1 Å². The van der Waals surface area contributed by atoms with E-state index in [0.29, 0.717) is 0 Å². The molecule has 1 atom stereocenters. The van der Waals surface area contributed by atoms with Crippen LogP contribution in [0.2, 0.25) is 5.15 Å². The Bertz CT molecular complexity index is 877. The van der Waals surface area contributed by atoms with E-state index in [1.54, 1.807) is 0 Å². The van der Waals surface area contributed by atoms with Gasteiger partial charge in [-0.3, -0.25) is 4.40 Å². The third kappa shape index (κ3) is 2.44. The van der Waals surface area contributed by atoms with Crippen molar-refractivity contribution in [2.45, 2.75) is 12.1 Å². The first kappa shape index (κ1) is 15.4. The lowest BCUT2D eigenvalue weighted by Gasteiger charge is -2.19. The Hall–Kier alpha value is -2.48. The van der Waals surface area contributed by atoms with E-state index in [-0.39, 0.29) is 10.8 Å². The smallest absolute Gasteiger partial charge is 0.357 e. The molecule has 0 aromatic carbocycles. The van der Waals surface area contributed by atoms with Crippen molar-refractivity contribution in [3.8, 4) is 0 Å². The van der Waals surface area contributed by atoms with Crippen molar-refractivity contribution in [2.24, 2.45) is 0 Å². The Morgan fingerprint density at radius 3 is 2.74 bits per heavy atom. The van der Waals surface area contributed by atoms with Gasteiger partial charge in [-0.2, -0.15) is 8.78 Å². The number of carboxylic acids is 1. The highest BCUT2D eigenvalue weighted by molar-refractivity contribution is 6.32.